The van der Waals surface area contributed by atoms with E-state index in [2.05, 4.69) is 4.99 Å². The number of rotatable bonds is 4. The van der Waals surface area contributed by atoms with Gasteiger partial charge in [-0.1, -0.05) is 0 Å². The molecule has 1 fully saturated rings. The Hall–Kier alpha value is -0.610. The van der Waals surface area contributed by atoms with E-state index in [1.165, 1.54) is 0 Å². The zero-order chi connectivity index (χ0) is 8.81. The molecule has 0 aromatic heterocycles. The fourth-order valence-corrected chi connectivity index (χ4v) is 1.18. The Morgan fingerprint density at radius 3 is 3.17 bits per heavy atom. The van der Waals surface area contributed by atoms with Gasteiger partial charge in [-0.05, 0) is 12.8 Å². The van der Waals surface area contributed by atoms with E-state index >= 15 is 0 Å². The largest absolute Gasteiger partial charge is 0.385 e. The predicted octanol–water partition coefficient (Wildman–Crippen LogP) is 0.169. The molecule has 12 heavy (non-hydrogen) atoms. The van der Waals surface area contributed by atoms with Crippen molar-refractivity contribution < 1.29 is 9.47 Å². The van der Waals surface area contributed by atoms with E-state index in [1.807, 2.05) is 0 Å². The maximum Gasteiger partial charge on any atom is 0.123 e. The van der Waals surface area contributed by atoms with Crippen molar-refractivity contribution in [3.63, 3.8) is 0 Å². The van der Waals surface area contributed by atoms with Crippen LogP contribution in [0.15, 0.2) is 4.99 Å². The number of hydrogen-bond acceptors (Lipinski definition) is 3. The molecule has 2 N–H and O–H groups in total. The number of nitrogens with two attached hydrogens (primary N) is 1. The average Bonchev–Trinajstić information content (AvgIpc) is 2.56. The lowest BCUT2D eigenvalue weighted by Gasteiger charge is -2.07. The number of methoxy groups -OCH3 is 1. The van der Waals surface area contributed by atoms with Crippen molar-refractivity contribution in [2.24, 2.45) is 10.7 Å². The molecule has 70 valence electrons. The molecule has 4 nitrogen and oxygen atoms in total. The van der Waals surface area contributed by atoms with Crippen molar-refractivity contribution in [3.05, 3.63) is 0 Å². The molecule has 1 rings (SSSR count). The first kappa shape index (κ1) is 9.48. The van der Waals surface area contributed by atoms with Crippen LogP contribution in [-0.4, -0.2) is 38.8 Å². The number of ether oxygens (including phenoxy) is 2. The normalized spacial score (nSPS) is 24.8. The highest BCUT2D eigenvalue weighted by molar-refractivity contribution is 5.85. The third-order valence-electron chi connectivity index (χ3n) is 1.85. The highest BCUT2D eigenvalue weighted by atomic mass is 16.5. The molecule has 0 amide bonds. The topological polar surface area (TPSA) is 56.8 Å². The van der Waals surface area contributed by atoms with Crippen molar-refractivity contribution in [1.82, 2.24) is 0 Å². The van der Waals surface area contributed by atoms with Crippen LogP contribution in [0.1, 0.15) is 12.8 Å². The molecule has 4 heteroatoms. The van der Waals surface area contributed by atoms with Crippen LogP contribution in [0.2, 0.25) is 0 Å². The van der Waals surface area contributed by atoms with Gasteiger partial charge in [0, 0.05) is 13.7 Å². The molecule has 1 heterocycles. The van der Waals surface area contributed by atoms with Gasteiger partial charge >= 0.3 is 0 Å². The van der Waals surface area contributed by atoms with Crippen molar-refractivity contribution in [3.8, 4) is 0 Å². The van der Waals surface area contributed by atoms with E-state index in [-0.39, 0.29) is 6.10 Å². The lowest BCUT2D eigenvalue weighted by molar-refractivity contribution is 0.157. The molecule has 0 radical (unpaired) electrons. The van der Waals surface area contributed by atoms with Crippen LogP contribution in [-0.2, 0) is 9.47 Å². The first-order valence-corrected chi connectivity index (χ1v) is 4.25. The van der Waals surface area contributed by atoms with Crippen LogP contribution >= 0.6 is 0 Å². The Labute approximate surface area is 72.8 Å². The van der Waals surface area contributed by atoms with E-state index < -0.39 is 0 Å². The first-order chi connectivity index (χ1) is 5.84. The highest BCUT2D eigenvalue weighted by Gasteiger charge is 2.18. The average molecular weight is 172 g/mol. The third-order valence-corrected chi connectivity index (χ3v) is 1.85. The SMILES string of the molecule is COCCN=C(N)C1CCCO1. The Kier molecular flexibility index (Phi) is 4.04. The second-order valence-electron chi connectivity index (χ2n) is 2.80. The summed E-state index contributed by atoms with van der Waals surface area (Å²) in [6, 6.07) is 0. The van der Waals surface area contributed by atoms with Crippen molar-refractivity contribution in [1.29, 1.82) is 0 Å². The van der Waals surface area contributed by atoms with Crippen LogP contribution in [0, 0.1) is 0 Å². The predicted molar refractivity (Wildman–Crippen MR) is 47.3 cm³/mol. The fourth-order valence-electron chi connectivity index (χ4n) is 1.18. The molecule has 1 atom stereocenters. The van der Waals surface area contributed by atoms with E-state index in [1.54, 1.807) is 7.11 Å². The monoisotopic (exact) mass is 172 g/mol. The summed E-state index contributed by atoms with van der Waals surface area (Å²) in [4.78, 5) is 4.14. The van der Waals surface area contributed by atoms with E-state index in [0.29, 0.717) is 19.0 Å². The third kappa shape index (κ3) is 2.79. The van der Waals surface area contributed by atoms with E-state index in [0.717, 1.165) is 19.4 Å². The van der Waals surface area contributed by atoms with Gasteiger partial charge in [-0.15, -0.1) is 0 Å². The maximum absolute atomic E-state index is 5.69. The Bertz CT molecular complexity index is 153. The minimum absolute atomic E-state index is 0.0573. The minimum atomic E-state index is 0.0573. The molecule has 1 aliphatic rings. The molecule has 0 aliphatic carbocycles. The quantitative estimate of drug-likeness (QED) is 0.373. The van der Waals surface area contributed by atoms with Gasteiger partial charge in [-0.3, -0.25) is 4.99 Å². The first-order valence-electron chi connectivity index (χ1n) is 4.25. The van der Waals surface area contributed by atoms with Gasteiger partial charge in [0.1, 0.15) is 11.9 Å². The number of aliphatic imine (C=N–C) groups is 1. The van der Waals surface area contributed by atoms with Crippen LogP contribution < -0.4 is 5.73 Å². The molecular weight excluding hydrogens is 156 g/mol. The van der Waals surface area contributed by atoms with Gasteiger partial charge in [0.25, 0.3) is 0 Å². The zero-order valence-corrected chi connectivity index (χ0v) is 7.45. The fraction of sp³-hybridized carbons (Fsp3) is 0.875. The molecule has 0 spiro atoms. The molecule has 0 bridgehead atoms. The summed E-state index contributed by atoms with van der Waals surface area (Å²) >= 11 is 0. The summed E-state index contributed by atoms with van der Waals surface area (Å²) in [5, 5.41) is 0. The van der Waals surface area contributed by atoms with Crippen LogP contribution in [0.3, 0.4) is 0 Å². The second-order valence-corrected chi connectivity index (χ2v) is 2.80. The molecule has 1 aliphatic heterocycles. The molecule has 0 aromatic rings. The summed E-state index contributed by atoms with van der Waals surface area (Å²) in [6.07, 6.45) is 2.15. The van der Waals surface area contributed by atoms with Gasteiger partial charge in [-0.25, -0.2) is 0 Å². The summed E-state index contributed by atoms with van der Waals surface area (Å²) in [7, 11) is 1.65. The van der Waals surface area contributed by atoms with Crippen LogP contribution in [0.25, 0.3) is 0 Å². The van der Waals surface area contributed by atoms with Crippen molar-refractivity contribution >= 4 is 5.84 Å². The minimum Gasteiger partial charge on any atom is -0.385 e. The van der Waals surface area contributed by atoms with Crippen LogP contribution in [0.5, 0.6) is 0 Å². The molecule has 0 saturated carbocycles. The molecular formula is C8H16N2O2. The maximum atomic E-state index is 5.69. The number of nitrogens with zero attached hydrogens (tertiary/aromatic N) is 1. The smallest absolute Gasteiger partial charge is 0.123 e. The Morgan fingerprint density at radius 2 is 2.58 bits per heavy atom. The van der Waals surface area contributed by atoms with Crippen molar-refractivity contribution in [2.75, 3.05) is 26.9 Å². The highest BCUT2D eigenvalue weighted by Crippen LogP contribution is 2.11. The summed E-state index contributed by atoms with van der Waals surface area (Å²) in [5.74, 6) is 0.615. The van der Waals surface area contributed by atoms with Gasteiger partial charge < -0.3 is 15.2 Å². The van der Waals surface area contributed by atoms with Gasteiger partial charge in [0.15, 0.2) is 0 Å². The van der Waals surface area contributed by atoms with Gasteiger partial charge in [0.2, 0.25) is 0 Å². The number of amidine groups is 1. The summed E-state index contributed by atoms with van der Waals surface area (Å²) in [5.41, 5.74) is 5.69. The standard InChI is InChI=1S/C8H16N2O2/c1-11-6-4-10-8(9)7-3-2-5-12-7/h7H,2-6H2,1H3,(H2,9,10). The lowest BCUT2D eigenvalue weighted by Crippen LogP contribution is -2.28. The zero-order valence-electron chi connectivity index (χ0n) is 7.45. The Balaban J connectivity index is 2.24. The van der Waals surface area contributed by atoms with E-state index in [9.17, 15) is 0 Å². The second kappa shape index (κ2) is 5.11. The molecule has 1 saturated heterocycles. The van der Waals surface area contributed by atoms with Gasteiger partial charge in [0.05, 0.1) is 13.2 Å². The number of hydrogen-bond donors (Lipinski definition) is 1. The Morgan fingerprint density at radius 1 is 1.75 bits per heavy atom. The van der Waals surface area contributed by atoms with Crippen LogP contribution in [0.4, 0.5) is 0 Å². The summed E-state index contributed by atoms with van der Waals surface area (Å²) in [6.45, 7) is 2.06. The van der Waals surface area contributed by atoms with E-state index in [4.69, 9.17) is 15.2 Å². The molecule has 0 aromatic carbocycles. The molecule has 1 unspecified atom stereocenters. The summed E-state index contributed by atoms with van der Waals surface area (Å²) < 4.78 is 10.2. The van der Waals surface area contributed by atoms with Gasteiger partial charge in [-0.2, -0.15) is 0 Å². The lowest BCUT2D eigenvalue weighted by atomic mass is 10.2. The van der Waals surface area contributed by atoms with Crippen molar-refractivity contribution in [2.45, 2.75) is 18.9 Å².